The van der Waals surface area contributed by atoms with Gasteiger partial charge in [-0.1, -0.05) is 6.07 Å². The van der Waals surface area contributed by atoms with Gasteiger partial charge in [-0.3, -0.25) is 0 Å². The summed E-state index contributed by atoms with van der Waals surface area (Å²) in [6.07, 6.45) is 0. The number of methoxy groups -OCH3 is 2. The zero-order chi connectivity index (χ0) is 18.6. The van der Waals surface area contributed by atoms with Crippen molar-refractivity contribution < 1.29 is 37.0 Å². The number of hydrogen-bond donors (Lipinski definition) is 0. The SMILES string of the molecule is COC(=O)C1=C(C(=O)OC)N(c2cccc(SC(F)(F)F)c2)COC1. The number of rotatable bonds is 4. The molecule has 1 heterocycles. The molecule has 10 heteroatoms. The molecular formula is C15H14F3NO5S. The van der Waals surface area contributed by atoms with Crippen molar-refractivity contribution in [2.75, 3.05) is 32.5 Å². The molecule has 0 saturated carbocycles. The molecule has 136 valence electrons. The molecule has 0 aliphatic carbocycles. The highest BCUT2D eigenvalue weighted by atomic mass is 32.2. The van der Waals surface area contributed by atoms with Crippen LogP contribution in [-0.4, -0.2) is 45.0 Å². The zero-order valence-corrected chi connectivity index (χ0v) is 14.1. The van der Waals surface area contributed by atoms with E-state index in [2.05, 4.69) is 4.74 Å². The average Bonchev–Trinajstić information content (AvgIpc) is 2.58. The van der Waals surface area contributed by atoms with Crippen molar-refractivity contribution >= 4 is 29.4 Å². The summed E-state index contributed by atoms with van der Waals surface area (Å²) in [5.74, 6) is -1.61. The Bertz CT molecular complexity index is 705. The first-order valence-corrected chi connectivity index (χ1v) is 7.69. The second-order valence-electron chi connectivity index (χ2n) is 4.76. The first kappa shape index (κ1) is 19.1. The van der Waals surface area contributed by atoms with E-state index >= 15 is 0 Å². The van der Waals surface area contributed by atoms with Gasteiger partial charge in [-0.15, -0.1) is 0 Å². The summed E-state index contributed by atoms with van der Waals surface area (Å²) in [7, 11) is 2.28. The predicted octanol–water partition coefficient (Wildman–Crippen LogP) is 2.69. The Balaban J connectivity index is 2.47. The molecule has 0 saturated heterocycles. The Kier molecular flexibility index (Phi) is 5.96. The van der Waals surface area contributed by atoms with Gasteiger partial charge in [0.2, 0.25) is 0 Å². The number of thioether (sulfide) groups is 1. The van der Waals surface area contributed by atoms with Crippen LogP contribution < -0.4 is 4.90 Å². The van der Waals surface area contributed by atoms with Gasteiger partial charge >= 0.3 is 17.4 Å². The molecule has 0 atom stereocenters. The number of hydrogen-bond acceptors (Lipinski definition) is 7. The monoisotopic (exact) mass is 377 g/mol. The molecule has 0 spiro atoms. The minimum atomic E-state index is -4.45. The van der Waals surface area contributed by atoms with Gasteiger partial charge in [-0.05, 0) is 30.0 Å². The van der Waals surface area contributed by atoms with Crippen LogP contribution >= 0.6 is 11.8 Å². The van der Waals surface area contributed by atoms with Crippen LogP contribution in [0.3, 0.4) is 0 Å². The average molecular weight is 377 g/mol. The number of halogens is 3. The molecule has 0 unspecified atom stereocenters. The molecule has 25 heavy (non-hydrogen) atoms. The molecule has 0 aromatic heterocycles. The highest BCUT2D eigenvalue weighted by molar-refractivity contribution is 8.00. The van der Waals surface area contributed by atoms with E-state index in [1.807, 2.05) is 0 Å². The van der Waals surface area contributed by atoms with Crippen LogP contribution in [0.15, 0.2) is 40.4 Å². The molecule has 1 aliphatic rings. The van der Waals surface area contributed by atoms with Gasteiger partial charge < -0.3 is 19.1 Å². The lowest BCUT2D eigenvalue weighted by molar-refractivity contribution is -0.140. The summed E-state index contributed by atoms with van der Waals surface area (Å²) in [6, 6.07) is 5.43. The van der Waals surface area contributed by atoms with Crippen molar-refractivity contribution in [3.8, 4) is 0 Å². The van der Waals surface area contributed by atoms with Crippen LogP contribution in [0.2, 0.25) is 0 Å². The Labute approximate surface area is 145 Å². The molecule has 6 nitrogen and oxygen atoms in total. The first-order valence-electron chi connectivity index (χ1n) is 6.87. The molecule has 0 N–H and O–H groups in total. The number of alkyl halides is 3. The number of ether oxygens (including phenoxy) is 3. The number of carbonyl (C=O) groups excluding carboxylic acids is 2. The van der Waals surface area contributed by atoms with Crippen LogP contribution in [0.1, 0.15) is 0 Å². The molecule has 1 aliphatic heterocycles. The number of nitrogens with zero attached hydrogens (tertiary/aromatic N) is 1. The largest absolute Gasteiger partial charge is 0.466 e. The summed E-state index contributed by atoms with van der Waals surface area (Å²) >= 11 is -0.285. The molecular weight excluding hydrogens is 363 g/mol. The Morgan fingerprint density at radius 1 is 1.20 bits per heavy atom. The van der Waals surface area contributed by atoms with Crippen LogP contribution in [-0.2, 0) is 23.8 Å². The molecule has 1 aromatic rings. The standard InChI is InChI=1S/C15H14F3NO5S/c1-22-13(20)11-7-24-8-19(12(11)14(21)23-2)9-4-3-5-10(6-9)25-15(16,17)18/h3-6H,7-8H2,1-2H3. The van der Waals surface area contributed by atoms with Gasteiger partial charge in [0.25, 0.3) is 0 Å². The fourth-order valence-corrected chi connectivity index (χ4v) is 2.79. The van der Waals surface area contributed by atoms with E-state index in [9.17, 15) is 22.8 Å². The third kappa shape index (κ3) is 4.67. The lowest BCUT2D eigenvalue weighted by atomic mass is 10.1. The molecule has 0 amide bonds. The smallest absolute Gasteiger partial charge is 0.446 e. The number of esters is 2. The fourth-order valence-electron chi connectivity index (χ4n) is 2.20. The third-order valence-electron chi connectivity index (χ3n) is 3.20. The van der Waals surface area contributed by atoms with Gasteiger partial charge in [0.1, 0.15) is 12.4 Å². The highest BCUT2D eigenvalue weighted by Crippen LogP contribution is 2.38. The van der Waals surface area contributed by atoms with E-state index in [1.54, 1.807) is 0 Å². The van der Waals surface area contributed by atoms with Crippen LogP contribution in [0.25, 0.3) is 0 Å². The van der Waals surface area contributed by atoms with E-state index < -0.39 is 17.4 Å². The van der Waals surface area contributed by atoms with Gasteiger partial charge in [-0.25, -0.2) is 9.59 Å². The molecule has 0 radical (unpaired) electrons. The zero-order valence-electron chi connectivity index (χ0n) is 13.3. The van der Waals surface area contributed by atoms with E-state index in [-0.39, 0.29) is 47.0 Å². The predicted molar refractivity (Wildman–Crippen MR) is 82.7 cm³/mol. The van der Waals surface area contributed by atoms with E-state index in [0.29, 0.717) is 0 Å². The van der Waals surface area contributed by atoms with E-state index in [1.165, 1.54) is 29.2 Å². The molecule has 2 rings (SSSR count). The lowest BCUT2D eigenvalue weighted by Gasteiger charge is -2.31. The van der Waals surface area contributed by atoms with Crippen molar-refractivity contribution in [1.29, 1.82) is 0 Å². The number of benzene rings is 1. The van der Waals surface area contributed by atoms with Gasteiger partial charge in [-0.2, -0.15) is 13.2 Å². The maximum atomic E-state index is 12.6. The molecule has 0 fully saturated rings. The third-order valence-corrected chi connectivity index (χ3v) is 3.92. The second-order valence-corrected chi connectivity index (χ2v) is 5.90. The Morgan fingerprint density at radius 2 is 1.88 bits per heavy atom. The molecule has 0 bridgehead atoms. The van der Waals surface area contributed by atoms with Gasteiger partial charge in [0, 0.05) is 10.6 Å². The van der Waals surface area contributed by atoms with Crippen molar-refractivity contribution in [1.82, 2.24) is 0 Å². The van der Waals surface area contributed by atoms with Crippen LogP contribution in [0, 0.1) is 0 Å². The first-order chi connectivity index (χ1) is 11.8. The summed E-state index contributed by atoms with van der Waals surface area (Å²) in [5.41, 5.74) is -4.41. The van der Waals surface area contributed by atoms with Gasteiger partial charge in [0.05, 0.1) is 26.4 Å². The second kappa shape index (κ2) is 7.79. The van der Waals surface area contributed by atoms with Crippen molar-refractivity contribution in [3.05, 3.63) is 35.5 Å². The summed E-state index contributed by atoms with van der Waals surface area (Å²) in [4.78, 5) is 25.2. The number of carbonyl (C=O) groups is 2. The molecule has 1 aromatic carbocycles. The topological polar surface area (TPSA) is 65.1 Å². The summed E-state index contributed by atoms with van der Waals surface area (Å²) in [6.45, 7) is -0.310. The van der Waals surface area contributed by atoms with E-state index in [4.69, 9.17) is 9.47 Å². The highest BCUT2D eigenvalue weighted by Gasteiger charge is 2.33. The van der Waals surface area contributed by atoms with Crippen molar-refractivity contribution in [2.24, 2.45) is 0 Å². The Hall–Kier alpha value is -2.20. The van der Waals surface area contributed by atoms with Crippen LogP contribution in [0.5, 0.6) is 0 Å². The van der Waals surface area contributed by atoms with Crippen LogP contribution in [0.4, 0.5) is 18.9 Å². The minimum absolute atomic E-state index is 0.0700. The Morgan fingerprint density at radius 3 is 2.48 bits per heavy atom. The maximum absolute atomic E-state index is 12.6. The van der Waals surface area contributed by atoms with Gasteiger partial charge in [0.15, 0.2) is 0 Å². The minimum Gasteiger partial charge on any atom is -0.466 e. The van der Waals surface area contributed by atoms with Crippen molar-refractivity contribution in [3.63, 3.8) is 0 Å². The summed E-state index contributed by atoms with van der Waals surface area (Å²) < 4.78 is 52.3. The number of anilines is 1. The van der Waals surface area contributed by atoms with E-state index in [0.717, 1.165) is 14.2 Å². The quantitative estimate of drug-likeness (QED) is 0.590. The fraction of sp³-hybridized carbons (Fsp3) is 0.333. The summed E-state index contributed by atoms with van der Waals surface area (Å²) in [5, 5.41) is 0. The maximum Gasteiger partial charge on any atom is 0.446 e. The normalized spacial score (nSPS) is 15.2. The lowest BCUT2D eigenvalue weighted by Crippen LogP contribution is -2.38. The van der Waals surface area contributed by atoms with Crippen molar-refractivity contribution in [2.45, 2.75) is 10.4 Å².